The van der Waals surface area contributed by atoms with Crippen molar-refractivity contribution in [1.29, 1.82) is 0 Å². The minimum atomic E-state index is 0.758. The highest BCUT2D eigenvalue weighted by atomic mass is 14.9. The van der Waals surface area contributed by atoms with Gasteiger partial charge in [0.2, 0.25) is 0 Å². The molecule has 2 saturated carbocycles. The third-order valence-corrected chi connectivity index (χ3v) is 4.32. The second-order valence-electron chi connectivity index (χ2n) is 6.01. The van der Waals surface area contributed by atoms with Crippen molar-refractivity contribution in [1.82, 2.24) is 5.32 Å². The van der Waals surface area contributed by atoms with Crippen LogP contribution >= 0.6 is 0 Å². The van der Waals surface area contributed by atoms with E-state index in [0.29, 0.717) is 0 Å². The van der Waals surface area contributed by atoms with Crippen LogP contribution in [0.2, 0.25) is 0 Å². The van der Waals surface area contributed by atoms with Gasteiger partial charge in [0.05, 0.1) is 0 Å². The van der Waals surface area contributed by atoms with E-state index < -0.39 is 0 Å². The van der Waals surface area contributed by atoms with E-state index in [9.17, 15) is 0 Å². The maximum Gasteiger partial charge on any atom is 0.0208 e. The molecule has 1 N–H and O–H groups in total. The molecular weight excluding hydrogens is 206 g/mol. The predicted octanol–water partition coefficient (Wildman–Crippen LogP) is 3.84. The smallest absolute Gasteiger partial charge is 0.0208 e. The molecule has 0 saturated heterocycles. The predicted molar refractivity (Wildman–Crippen MR) is 72.1 cm³/mol. The summed E-state index contributed by atoms with van der Waals surface area (Å²) in [4.78, 5) is 0. The Morgan fingerprint density at radius 3 is 2.41 bits per heavy atom. The lowest BCUT2D eigenvalue weighted by Crippen LogP contribution is -2.25. The summed E-state index contributed by atoms with van der Waals surface area (Å²) in [5.74, 6) is 1.80. The van der Waals surface area contributed by atoms with Crippen LogP contribution in [0.25, 0.3) is 0 Å². The Balaban J connectivity index is 1.50. The largest absolute Gasteiger partial charge is 0.310 e. The molecule has 0 aliphatic heterocycles. The molecule has 0 radical (unpaired) electrons. The molecule has 1 aromatic carbocycles. The average Bonchev–Trinajstić information content (AvgIpc) is 3.11. The van der Waals surface area contributed by atoms with Gasteiger partial charge in [0.1, 0.15) is 0 Å². The summed E-state index contributed by atoms with van der Waals surface area (Å²) in [7, 11) is 0. The third-order valence-electron chi connectivity index (χ3n) is 4.32. The highest BCUT2D eigenvalue weighted by molar-refractivity contribution is 5.28. The summed E-state index contributed by atoms with van der Waals surface area (Å²) in [6.45, 7) is 3.41. The van der Waals surface area contributed by atoms with Crippen LogP contribution in [0.15, 0.2) is 24.3 Å². The van der Waals surface area contributed by atoms with Crippen molar-refractivity contribution in [3.63, 3.8) is 0 Å². The highest BCUT2D eigenvalue weighted by Gasteiger charge is 2.23. The normalized spacial score (nSPS) is 28.5. The molecule has 2 aliphatic carbocycles. The monoisotopic (exact) mass is 229 g/mol. The molecule has 3 rings (SSSR count). The van der Waals surface area contributed by atoms with Gasteiger partial charge in [-0.2, -0.15) is 0 Å². The van der Waals surface area contributed by atoms with Crippen LogP contribution in [0.5, 0.6) is 0 Å². The van der Waals surface area contributed by atoms with E-state index in [2.05, 4.69) is 36.5 Å². The van der Waals surface area contributed by atoms with Crippen molar-refractivity contribution < 1.29 is 0 Å². The quantitative estimate of drug-likeness (QED) is 0.827. The number of hydrogen-bond acceptors (Lipinski definition) is 1. The second-order valence-corrected chi connectivity index (χ2v) is 6.01. The molecule has 0 spiro atoms. The number of hydrogen-bond donors (Lipinski definition) is 1. The fourth-order valence-corrected chi connectivity index (χ4v) is 2.98. The van der Waals surface area contributed by atoms with Gasteiger partial charge in [0, 0.05) is 12.6 Å². The SMILES string of the molecule is CC1CCC(NCc2ccc(C3CC3)cc2)C1. The molecule has 0 aromatic heterocycles. The highest BCUT2D eigenvalue weighted by Crippen LogP contribution is 2.39. The Morgan fingerprint density at radius 2 is 1.82 bits per heavy atom. The van der Waals surface area contributed by atoms with E-state index in [-0.39, 0.29) is 0 Å². The van der Waals surface area contributed by atoms with Gasteiger partial charge in [-0.05, 0) is 55.1 Å². The van der Waals surface area contributed by atoms with Gasteiger partial charge in [-0.25, -0.2) is 0 Å². The Morgan fingerprint density at radius 1 is 1.06 bits per heavy atom. The lowest BCUT2D eigenvalue weighted by atomic mass is 10.1. The molecule has 1 heteroatoms. The first kappa shape index (κ1) is 11.3. The van der Waals surface area contributed by atoms with Gasteiger partial charge >= 0.3 is 0 Å². The molecule has 17 heavy (non-hydrogen) atoms. The minimum Gasteiger partial charge on any atom is -0.310 e. The topological polar surface area (TPSA) is 12.0 Å². The zero-order valence-electron chi connectivity index (χ0n) is 10.8. The number of benzene rings is 1. The van der Waals surface area contributed by atoms with Crippen molar-refractivity contribution in [3.8, 4) is 0 Å². The van der Waals surface area contributed by atoms with Crippen LogP contribution in [0.3, 0.4) is 0 Å². The van der Waals surface area contributed by atoms with Crippen LogP contribution in [0.4, 0.5) is 0 Å². The van der Waals surface area contributed by atoms with E-state index in [0.717, 1.165) is 24.4 Å². The summed E-state index contributed by atoms with van der Waals surface area (Å²) in [5.41, 5.74) is 2.98. The van der Waals surface area contributed by atoms with Crippen molar-refractivity contribution in [2.75, 3.05) is 0 Å². The second kappa shape index (κ2) is 4.81. The van der Waals surface area contributed by atoms with Gasteiger partial charge in [-0.1, -0.05) is 31.2 Å². The molecule has 0 bridgehead atoms. The third kappa shape index (κ3) is 2.90. The van der Waals surface area contributed by atoms with E-state index in [4.69, 9.17) is 0 Å². The molecule has 1 aromatic rings. The summed E-state index contributed by atoms with van der Waals surface area (Å²) < 4.78 is 0. The zero-order chi connectivity index (χ0) is 11.7. The maximum atomic E-state index is 3.69. The Bertz CT molecular complexity index is 364. The molecule has 2 fully saturated rings. The van der Waals surface area contributed by atoms with Crippen LogP contribution in [-0.4, -0.2) is 6.04 Å². The Kier molecular flexibility index (Phi) is 3.19. The molecular formula is C16H23N. The van der Waals surface area contributed by atoms with Gasteiger partial charge < -0.3 is 5.32 Å². The average molecular weight is 229 g/mol. The van der Waals surface area contributed by atoms with Gasteiger partial charge in [-0.3, -0.25) is 0 Å². The van der Waals surface area contributed by atoms with Crippen molar-refractivity contribution in [2.45, 2.75) is 57.5 Å². The zero-order valence-corrected chi connectivity index (χ0v) is 10.8. The maximum absolute atomic E-state index is 3.69. The standard InChI is InChI=1S/C16H23N/c1-12-2-9-16(10-12)17-11-13-3-5-14(6-4-13)15-7-8-15/h3-6,12,15-17H,2,7-11H2,1H3. The summed E-state index contributed by atoms with van der Waals surface area (Å²) >= 11 is 0. The van der Waals surface area contributed by atoms with Crippen molar-refractivity contribution >= 4 is 0 Å². The lowest BCUT2D eigenvalue weighted by molar-refractivity contribution is 0.502. The minimum absolute atomic E-state index is 0.758. The lowest BCUT2D eigenvalue weighted by Gasteiger charge is -2.12. The van der Waals surface area contributed by atoms with Crippen LogP contribution in [0.1, 0.15) is 56.1 Å². The first-order chi connectivity index (χ1) is 8.31. The first-order valence-corrected chi connectivity index (χ1v) is 7.13. The first-order valence-electron chi connectivity index (χ1n) is 7.13. The molecule has 1 nitrogen and oxygen atoms in total. The van der Waals surface area contributed by atoms with E-state index in [1.54, 1.807) is 5.56 Å². The van der Waals surface area contributed by atoms with Crippen LogP contribution in [-0.2, 0) is 6.54 Å². The fourth-order valence-electron chi connectivity index (χ4n) is 2.98. The van der Waals surface area contributed by atoms with Crippen LogP contribution < -0.4 is 5.32 Å². The Labute approximate surface area is 105 Å². The number of rotatable bonds is 4. The van der Waals surface area contributed by atoms with Gasteiger partial charge in [0.15, 0.2) is 0 Å². The van der Waals surface area contributed by atoms with E-state index in [1.807, 2.05) is 0 Å². The Hall–Kier alpha value is -0.820. The molecule has 2 unspecified atom stereocenters. The molecule has 0 amide bonds. The summed E-state index contributed by atoms with van der Waals surface area (Å²) in [5, 5.41) is 3.69. The van der Waals surface area contributed by atoms with E-state index >= 15 is 0 Å². The van der Waals surface area contributed by atoms with Crippen molar-refractivity contribution in [2.24, 2.45) is 5.92 Å². The molecule has 2 atom stereocenters. The van der Waals surface area contributed by atoms with Gasteiger partial charge in [-0.15, -0.1) is 0 Å². The number of nitrogens with one attached hydrogen (secondary N) is 1. The molecule has 92 valence electrons. The van der Waals surface area contributed by atoms with E-state index in [1.165, 1.54) is 37.7 Å². The van der Waals surface area contributed by atoms with Crippen molar-refractivity contribution in [3.05, 3.63) is 35.4 Å². The fraction of sp³-hybridized carbons (Fsp3) is 0.625. The molecule has 0 heterocycles. The van der Waals surface area contributed by atoms with Crippen LogP contribution in [0, 0.1) is 5.92 Å². The van der Waals surface area contributed by atoms with Gasteiger partial charge in [0.25, 0.3) is 0 Å². The summed E-state index contributed by atoms with van der Waals surface area (Å²) in [6.07, 6.45) is 6.93. The molecule has 2 aliphatic rings. The summed E-state index contributed by atoms with van der Waals surface area (Å²) in [6, 6.07) is 10.0.